The molecular weight excluding hydrogens is 186 g/mol. The van der Waals surface area contributed by atoms with Crippen molar-refractivity contribution < 1.29 is 0 Å². The van der Waals surface area contributed by atoms with E-state index in [-0.39, 0.29) is 6.04 Å². The molecule has 78 valence electrons. The topological polar surface area (TPSA) is 41.6 Å². The number of benzene rings is 1. The Morgan fingerprint density at radius 2 is 2.20 bits per heavy atom. The molecule has 2 unspecified atom stereocenters. The van der Waals surface area contributed by atoms with Crippen molar-refractivity contribution in [2.75, 3.05) is 6.54 Å². The summed E-state index contributed by atoms with van der Waals surface area (Å²) in [5.74, 6) is 0. The first-order valence-electron chi connectivity index (χ1n) is 5.46. The Balaban J connectivity index is 1.99. The Kier molecular flexibility index (Phi) is 2.08. The van der Waals surface area contributed by atoms with Gasteiger partial charge in [-0.2, -0.15) is 0 Å². The first kappa shape index (κ1) is 9.07. The number of aliphatic imine (C=N–C) groups is 1. The summed E-state index contributed by atoms with van der Waals surface area (Å²) in [6.45, 7) is 2.07. The zero-order valence-corrected chi connectivity index (χ0v) is 8.63. The van der Waals surface area contributed by atoms with Gasteiger partial charge in [0.25, 0.3) is 0 Å². The Bertz CT molecular complexity index is 400. The molecule has 2 aliphatic rings. The summed E-state index contributed by atoms with van der Waals surface area (Å²) in [4.78, 5) is 6.95. The number of nitrogens with two attached hydrogens (primary N) is 1. The van der Waals surface area contributed by atoms with Gasteiger partial charge in [0.1, 0.15) is 0 Å². The van der Waals surface area contributed by atoms with Crippen molar-refractivity contribution >= 4 is 11.9 Å². The minimum atomic E-state index is 0.253. The van der Waals surface area contributed by atoms with E-state index >= 15 is 0 Å². The molecule has 1 fully saturated rings. The van der Waals surface area contributed by atoms with Crippen molar-refractivity contribution in [2.45, 2.75) is 25.0 Å². The van der Waals surface area contributed by atoms with Gasteiger partial charge in [0, 0.05) is 25.3 Å². The van der Waals surface area contributed by atoms with Crippen LogP contribution in [0.3, 0.4) is 0 Å². The fraction of sp³-hybridized carbons (Fsp3) is 0.417. The molecule has 1 saturated heterocycles. The van der Waals surface area contributed by atoms with Crippen LogP contribution >= 0.6 is 0 Å². The third kappa shape index (κ3) is 1.48. The molecule has 0 aliphatic carbocycles. The standard InChI is InChI=1S/C12H15N3/c13-10-5-6-15-8-9-3-1-2-4-11(9)14-7-12(10)15/h1-4,7,10,12H,5-6,8,13H2. The predicted molar refractivity (Wildman–Crippen MR) is 61.4 cm³/mol. The molecule has 3 rings (SSSR count). The molecule has 3 heteroatoms. The Labute approximate surface area is 89.6 Å². The van der Waals surface area contributed by atoms with Gasteiger partial charge in [-0.15, -0.1) is 0 Å². The molecule has 2 heterocycles. The maximum atomic E-state index is 6.06. The van der Waals surface area contributed by atoms with E-state index in [9.17, 15) is 0 Å². The first-order chi connectivity index (χ1) is 7.34. The van der Waals surface area contributed by atoms with Crippen molar-refractivity contribution in [3.63, 3.8) is 0 Å². The average molecular weight is 201 g/mol. The molecule has 0 bridgehead atoms. The molecule has 0 spiro atoms. The quantitative estimate of drug-likeness (QED) is 0.687. The summed E-state index contributed by atoms with van der Waals surface area (Å²) < 4.78 is 0. The van der Waals surface area contributed by atoms with Crippen LogP contribution in [-0.4, -0.2) is 29.7 Å². The highest BCUT2D eigenvalue weighted by Crippen LogP contribution is 2.27. The number of hydrogen-bond donors (Lipinski definition) is 1. The molecule has 1 aromatic rings. The van der Waals surface area contributed by atoms with Crippen molar-refractivity contribution in [3.05, 3.63) is 29.8 Å². The molecule has 2 atom stereocenters. The van der Waals surface area contributed by atoms with Crippen LogP contribution in [0.4, 0.5) is 5.69 Å². The van der Waals surface area contributed by atoms with Gasteiger partial charge < -0.3 is 5.73 Å². The van der Waals surface area contributed by atoms with Crippen LogP contribution in [0.2, 0.25) is 0 Å². The van der Waals surface area contributed by atoms with Crippen LogP contribution in [0.15, 0.2) is 29.3 Å². The highest BCUT2D eigenvalue weighted by Gasteiger charge is 2.31. The minimum Gasteiger partial charge on any atom is -0.326 e. The second-order valence-electron chi connectivity index (χ2n) is 4.32. The molecule has 0 amide bonds. The predicted octanol–water partition coefficient (Wildman–Crippen LogP) is 1.30. The summed E-state index contributed by atoms with van der Waals surface area (Å²) in [6, 6.07) is 8.91. The van der Waals surface area contributed by atoms with Gasteiger partial charge in [0.2, 0.25) is 0 Å². The minimum absolute atomic E-state index is 0.253. The molecule has 0 radical (unpaired) electrons. The Hall–Kier alpha value is -1.19. The van der Waals surface area contributed by atoms with Gasteiger partial charge in [-0.1, -0.05) is 18.2 Å². The summed E-state index contributed by atoms with van der Waals surface area (Å²) in [7, 11) is 0. The van der Waals surface area contributed by atoms with Crippen molar-refractivity contribution in [2.24, 2.45) is 10.7 Å². The largest absolute Gasteiger partial charge is 0.326 e. The fourth-order valence-corrected chi connectivity index (χ4v) is 2.44. The Morgan fingerprint density at radius 1 is 1.33 bits per heavy atom. The third-order valence-corrected chi connectivity index (χ3v) is 3.34. The van der Waals surface area contributed by atoms with E-state index in [0.717, 1.165) is 25.2 Å². The van der Waals surface area contributed by atoms with Crippen LogP contribution in [0.5, 0.6) is 0 Å². The van der Waals surface area contributed by atoms with Crippen molar-refractivity contribution in [3.8, 4) is 0 Å². The second kappa shape index (κ2) is 3.43. The SMILES string of the molecule is NC1CCN2Cc3ccccc3N=CC12. The second-order valence-corrected chi connectivity index (χ2v) is 4.32. The molecular formula is C12H15N3. The number of fused-ring (bicyclic) bond motifs is 2. The molecule has 0 saturated carbocycles. The van der Waals surface area contributed by atoms with E-state index < -0.39 is 0 Å². The van der Waals surface area contributed by atoms with Crippen LogP contribution in [0, 0.1) is 0 Å². The summed E-state index contributed by atoms with van der Waals surface area (Å²) in [6.07, 6.45) is 3.10. The highest BCUT2D eigenvalue weighted by atomic mass is 15.2. The van der Waals surface area contributed by atoms with Crippen LogP contribution in [0.25, 0.3) is 0 Å². The number of nitrogens with zero attached hydrogens (tertiary/aromatic N) is 2. The summed E-state index contributed by atoms with van der Waals surface area (Å²) >= 11 is 0. The highest BCUT2D eigenvalue weighted by molar-refractivity contribution is 5.72. The van der Waals surface area contributed by atoms with Crippen molar-refractivity contribution in [1.82, 2.24) is 4.90 Å². The lowest BCUT2D eigenvalue weighted by Crippen LogP contribution is -2.39. The van der Waals surface area contributed by atoms with Crippen LogP contribution < -0.4 is 5.73 Å². The lowest BCUT2D eigenvalue weighted by molar-refractivity contribution is 0.294. The molecule has 3 nitrogen and oxygen atoms in total. The van der Waals surface area contributed by atoms with Crippen LogP contribution in [0.1, 0.15) is 12.0 Å². The smallest absolute Gasteiger partial charge is 0.0671 e. The molecule has 15 heavy (non-hydrogen) atoms. The van der Waals surface area contributed by atoms with Gasteiger partial charge in [0.15, 0.2) is 0 Å². The van der Waals surface area contributed by atoms with Gasteiger partial charge in [-0.25, -0.2) is 0 Å². The molecule has 2 N–H and O–H groups in total. The lowest BCUT2D eigenvalue weighted by atomic mass is 10.1. The van der Waals surface area contributed by atoms with Crippen molar-refractivity contribution in [1.29, 1.82) is 0 Å². The van der Waals surface area contributed by atoms with E-state index in [2.05, 4.69) is 28.1 Å². The third-order valence-electron chi connectivity index (χ3n) is 3.34. The zero-order chi connectivity index (χ0) is 10.3. The van der Waals surface area contributed by atoms with E-state index in [4.69, 9.17) is 5.73 Å². The van der Waals surface area contributed by atoms with E-state index in [1.165, 1.54) is 5.56 Å². The van der Waals surface area contributed by atoms with Gasteiger partial charge in [0.05, 0.1) is 11.7 Å². The number of rotatable bonds is 0. The van der Waals surface area contributed by atoms with Gasteiger partial charge >= 0.3 is 0 Å². The van der Waals surface area contributed by atoms with E-state index in [1.54, 1.807) is 0 Å². The van der Waals surface area contributed by atoms with E-state index in [1.807, 2.05) is 12.3 Å². The zero-order valence-electron chi connectivity index (χ0n) is 8.63. The van der Waals surface area contributed by atoms with E-state index in [0.29, 0.717) is 6.04 Å². The van der Waals surface area contributed by atoms with Gasteiger partial charge in [-0.3, -0.25) is 9.89 Å². The average Bonchev–Trinajstić information content (AvgIpc) is 2.51. The summed E-state index contributed by atoms with van der Waals surface area (Å²) in [5, 5.41) is 0. The summed E-state index contributed by atoms with van der Waals surface area (Å²) in [5.41, 5.74) is 8.47. The molecule has 1 aromatic carbocycles. The molecule has 0 aromatic heterocycles. The lowest BCUT2D eigenvalue weighted by Gasteiger charge is -2.21. The maximum Gasteiger partial charge on any atom is 0.0671 e. The number of hydrogen-bond acceptors (Lipinski definition) is 3. The Morgan fingerprint density at radius 3 is 3.13 bits per heavy atom. The first-order valence-corrected chi connectivity index (χ1v) is 5.46. The van der Waals surface area contributed by atoms with Gasteiger partial charge in [-0.05, 0) is 18.1 Å². The normalized spacial score (nSPS) is 29.7. The molecule has 2 aliphatic heterocycles. The maximum absolute atomic E-state index is 6.06. The van der Waals surface area contributed by atoms with Crippen LogP contribution in [-0.2, 0) is 6.54 Å². The monoisotopic (exact) mass is 201 g/mol. The fourth-order valence-electron chi connectivity index (χ4n) is 2.44. The number of para-hydroxylation sites is 1.